The van der Waals surface area contributed by atoms with E-state index in [9.17, 15) is 4.79 Å². The highest BCUT2D eigenvalue weighted by Gasteiger charge is 2.30. The van der Waals surface area contributed by atoms with Gasteiger partial charge in [-0.3, -0.25) is 14.9 Å². The van der Waals surface area contributed by atoms with Crippen molar-refractivity contribution in [1.82, 2.24) is 15.2 Å². The zero-order valence-corrected chi connectivity index (χ0v) is 8.95. The summed E-state index contributed by atoms with van der Waals surface area (Å²) < 4.78 is 0. The number of hydrogen-bond acceptors (Lipinski definition) is 3. The quantitative estimate of drug-likeness (QED) is 0.801. The van der Waals surface area contributed by atoms with Gasteiger partial charge in [0.15, 0.2) is 5.82 Å². The average Bonchev–Trinajstić information content (AvgIpc) is 3.03. The Balaban J connectivity index is 1.94. The van der Waals surface area contributed by atoms with Gasteiger partial charge >= 0.3 is 0 Å². The summed E-state index contributed by atoms with van der Waals surface area (Å²) in [5, 5.41) is 10.7. The highest BCUT2D eigenvalue weighted by atomic mass is 16.2. The lowest BCUT2D eigenvalue weighted by Gasteiger charge is -1.99. The van der Waals surface area contributed by atoms with Crippen molar-refractivity contribution in [3.63, 3.8) is 0 Å². The van der Waals surface area contributed by atoms with Crippen molar-refractivity contribution in [2.45, 2.75) is 19.8 Å². The van der Waals surface area contributed by atoms with Crippen LogP contribution in [0.4, 0.5) is 5.82 Å². The number of H-pyrrole nitrogens is 1. The van der Waals surface area contributed by atoms with E-state index in [1.807, 2.05) is 13.0 Å². The van der Waals surface area contributed by atoms with Gasteiger partial charge in [0, 0.05) is 17.8 Å². The molecule has 0 unspecified atom stereocenters. The molecule has 0 radical (unpaired) electrons. The lowest BCUT2D eigenvalue weighted by atomic mass is 10.3. The van der Waals surface area contributed by atoms with Crippen LogP contribution in [0.25, 0.3) is 10.9 Å². The molecule has 0 saturated heterocycles. The van der Waals surface area contributed by atoms with Crippen LogP contribution in [-0.4, -0.2) is 21.1 Å². The summed E-state index contributed by atoms with van der Waals surface area (Å²) in [7, 11) is 0. The van der Waals surface area contributed by atoms with E-state index in [2.05, 4.69) is 20.5 Å². The van der Waals surface area contributed by atoms with Crippen LogP contribution in [0.1, 0.15) is 18.5 Å². The van der Waals surface area contributed by atoms with E-state index in [0.29, 0.717) is 5.82 Å². The minimum atomic E-state index is 0.0639. The molecule has 1 amide bonds. The molecule has 0 atom stereocenters. The largest absolute Gasteiger partial charge is 0.308 e. The van der Waals surface area contributed by atoms with E-state index in [1.54, 1.807) is 6.20 Å². The second-order valence-corrected chi connectivity index (χ2v) is 4.21. The number of pyridine rings is 1. The van der Waals surface area contributed by atoms with E-state index in [1.165, 1.54) is 0 Å². The first-order valence-corrected chi connectivity index (χ1v) is 5.35. The van der Waals surface area contributed by atoms with Crippen molar-refractivity contribution in [3.05, 3.63) is 18.0 Å². The molecule has 1 aliphatic rings. The van der Waals surface area contributed by atoms with Gasteiger partial charge in [-0.1, -0.05) is 0 Å². The number of fused-ring (bicyclic) bond motifs is 1. The van der Waals surface area contributed by atoms with Crippen molar-refractivity contribution in [2.75, 3.05) is 5.32 Å². The molecular weight excluding hydrogens is 204 g/mol. The molecular formula is C11H12N4O. The van der Waals surface area contributed by atoms with Gasteiger partial charge in [0.05, 0.1) is 10.9 Å². The molecule has 2 heterocycles. The smallest absolute Gasteiger partial charge is 0.228 e. The van der Waals surface area contributed by atoms with Gasteiger partial charge in [-0.15, -0.1) is 0 Å². The first kappa shape index (κ1) is 9.33. The number of aromatic amines is 1. The molecule has 5 nitrogen and oxygen atoms in total. The van der Waals surface area contributed by atoms with E-state index >= 15 is 0 Å². The predicted octanol–water partition coefficient (Wildman–Crippen LogP) is 1.61. The normalized spacial score (nSPS) is 15.3. The molecule has 3 rings (SSSR count). The molecule has 1 saturated carbocycles. The van der Waals surface area contributed by atoms with Gasteiger partial charge < -0.3 is 5.32 Å². The minimum absolute atomic E-state index is 0.0639. The summed E-state index contributed by atoms with van der Waals surface area (Å²) >= 11 is 0. The van der Waals surface area contributed by atoms with Crippen LogP contribution < -0.4 is 5.32 Å². The number of hydrogen-bond donors (Lipinski definition) is 2. The Hall–Kier alpha value is -1.91. The van der Waals surface area contributed by atoms with Gasteiger partial charge in [-0.25, -0.2) is 0 Å². The van der Waals surface area contributed by atoms with E-state index in [4.69, 9.17) is 0 Å². The second-order valence-electron chi connectivity index (χ2n) is 4.21. The van der Waals surface area contributed by atoms with Crippen molar-refractivity contribution >= 4 is 22.6 Å². The molecule has 0 aliphatic heterocycles. The Morgan fingerprint density at radius 2 is 2.38 bits per heavy atom. The van der Waals surface area contributed by atoms with Gasteiger partial charge in [-0.2, -0.15) is 5.10 Å². The van der Waals surface area contributed by atoms with Crippen molar-refractivity contribution in [2.24, 2.45) is 5.92 Å². The third-order valence-corrected chi connectivity index (χ3v) is 2.77. The highest BCUT2D eigenvalue weighted by molar-refractivity contribution is 6.00. The van der Waals surface area contributed by atoms with Crippen LogP contribution in [0.5, 0.6) is 0 Å². The first-order chi connectivity index (χ1) is 7.74. The van der Waals surface area contributed by atoms with Crippen LogP contribution in [-0.2, 0) is 4.79 Å². The lowest BCUT2D eigenvalue weighted by Crippen LogP contribution is -2.13. The number of rotatable bonds is 2. The Bertz CT molecular complexity index is 556. The van der Waals surface area contributed by atoms with Gasteiger partial charge in [0.2, 0.25) is 5.91 Å². The van der Waals surface area contributed by atoms with E-state index < -0.39 is 0 Å². The third-order valence-electron chi connectivity index (χ3n) is 2.77. The zero-order valence-electron chi connectivity index (χ0n) is 8.95. The maximum absolute atomic E-state index is 11.6. The van der Waals surface area contributed by atoms with Crippen molar-refractivity contribution in [1.29, 1.82) is 0 Å². The SMILES string of the molecule is Cc1cc2[nH]nc(NC(=O)C3CC3)c2cn1. The molecule has 0 bridgehead atoms. The molecule has 2 aromatic heterocycles. The summed E-state index contributed by atoms with van der Waals surface area (Å²) in [6.07, 6.45) is 3.72. The summed E-state index contributed by atoms with van der Waals surface area (Å²) in [4.78, 5) is 15.8. The number of aryl methyl sites for hydroxylation is 1. The topological polar surface area (TPSA) is 70.7 Å². The Kier molecular flexibility index (Phi) is 1.92. The zero-order chi connectivity index (χ0) is 11.1. The van der Waals surface area contributed by atoms with Crippen LogP contribution in [0.3, 0.4) is 0 Å². The fraction of sp³-hybridized carbons (Fsp3) is 0.364. The number of amides is 1. The predicted molar refractivity (Wildman–Crippen MR) is 60.0 cm³/mol. The van der Waals surface area contributed by atoms with Crippen molar-refractivity contribution < 1.29 is 4.79 Å². The molecule has 5 heteroatoms. The Morgan fingerprint density at radius 3 is 3.12 bits per heavy atom. The number of nitrogens with zero attached hydrogens (tertiary/aromatic N) is 2. The summed E-state index contributed by atoms with van der Waals surface area (Å²) in [6, 6.07) is 1.91. The van der Waals surface area contributed by atoms with Gasteiger partial charge in [0.1, 0.15) is 0 Å². The number of anilines is 1. The third kappa shape index (κ3) is 1.54. The molecule has 82 valence electrons. The van der Waals surface area contributed by atoms with E-state index in [0.717, 1.165) is 29.4 Å². The molecule has 1 aliphatic carbocycles. The molecule has 0 spiro atoms. The highest BCUT2D eigenvalue weighted by Crippen LogP contribution is 2.30. The summed E-state index contributed by atoms with van der Waals surface area (Å²) in [6.45, 7) is 1.92. The first-order valence-electron chi connectivity index (χ1n) is 5.35. The van der Waals surface area contributed by atoms with Crippen LogP contribution in [0.15, 0.2) is 12.3 Å². The lowest BCUT2D eigenvalue weighted by molar-refractivity contribution is -0.117. The monoisotopic (exact) mass is 216 g/mol. The number of carbonyl (C=O) groups excluding carboxylic acids is 1. The fourth-order valence-electron chi connectivity index (χ4n) is 1.68. The van der Waals surface area contributed by atoms with Gasteiger partial charge in [-0.05, 0) is 25.8 Å². The summed E-state index contributed by atoms with van der Waals surface area (Å²) in [5.41, 5.74) is 1.83. The molecule has 0 aromatic carbocycles. The van der Waals surface area contributed by atoms with Crippen LogP contribution in [0.2, 0.25) is 0 Å². The maximum atomic E-state index is 11.6. The maximum Gasteiger partial charge on any atom is 0.228 e. The Labute approximate surface area is 92.3 Å². The number of carbonyl (C=O) groups is 1. The molecule has 16 heavy (non-hydrogen) atoms. The van der Waals surface area contributed by atoms with Crippen LogP contribution >= 0.6 is 0 Å². The van der Waals surface area contributed by atoms with Crippen molar-refractivity contribution in [3.8, 4) is 0 Å². The van der Waals surface area contributed by atoms with E-state index in [-0.39, 0.29) is 11.8 Å². The fourth-order valence-corrected chi connectivity index (χ4v) is 1.68. The van der Waals surface area contributed by atoms with Gasteiger partial charge in [0.25, 0.3) is 0 Å². The number of aromatic nitrogens is 3. The number of nitrogens with one attached hydrogen (secondary N) is 2. The molecule has 2 aromatic rings. The molecule has 2 N–H and O–H groups in total. The average molecular weight is 216 g/mol. The summed E-state index contributed by atoms with van der Waals surface area (Å²) in [5.74, 6) is 0.832. The standard InChI is InChI=1S/C11H12N4O/c1-6-4-9-8(5-12-6)10(15-14-9)13-11(16)7-2-3-7/h4-5,7H,2-3H2,1H3,(H2,13,14,15,16). The Morgan fingerprint density at radius 1 is 1.56 bits per heavy atom. The molecule has 1 fully saturated rings. The second kappa shape index (κ2) is 3.30. The van der Waals surface area contributed by atoms with Crippen LogP contribution in [0, 0.1) is 12.8 Å². The minimum Gasteiger partial charge on any atom is -0.308 e.